The summed E-state index contributed by atoms with van der Waals surface area (Å²) in [5, 5.41) is 6.52. The van der Waals surface area contributed by atoms with Crippen molar-refractivity contribution in [3.63, 3.8) is 0 Å². The molecule has 3 heterocycles. The maximum absolute atomic E-state index is 4.33. The molecule has 0 radical (unpaired) electrons. The Morgan fingerprint density at radius 3 is 3.12 bits per heavy atom. The van der Waals surface area contributed by atoms with Crippen LogP contribution >= 0.6 is 11.3 Å². The van der Waals surface area contributed by atoms with E-state index in [1.807, 2.05) is 18.5 Å². The van der Waals surface area contributed by atoms with Crippen LogP contribution in [0.2, 0.25) is 0 Å². The minimum atomic E-state index is 0.662. The van der Waals surface area contributed by atoms with Crippen LogP contribution in [0.4, 0.5) is 5.82 Å². The van der Waals surface area contributed by atoms with Gasteiger partial charge in [0.15, 0.2) is 0 Å². The second-order valence-corrected chi connectivity index (χ2v) is 4.33. The lowest BCUT2D eigenvalue weighted by Crippen LogP contribution is -2.02. The molecular formula is C11H10N4S. The van der Waals surface area contributed by atoms with Crippen molar-refractivity contribution in [2.75, 3.05) is 5.32 Å². The van der Waals surface area contributed by atoms with E-state index in [2.05, 4.69) is 31.7 Å². The van der Waals surface area contributed by atoms with Gasteiger partial charge in [-0.05, 0) is 17.5 Å². The summed E-state index contributed by atoms with van der Waals surface area (Å²) in [6, 6.07) is 4.11. The van der Waals surface area contributed by atoms with Crippen LogP contribution in [0.1, 0.15) is 5.82 Å². The van der Waals surface area contributed by atoms with Gasteiger partial charge in [0.25, 0.3) is 0 Å². The Hall–Kier alpha value is -1.88. The number of aromatic nitrogens is 3. The topological polar surface area (TPSA) is 53.6 Å². The molecule has 0 aliphatic rings. The van der Waals surface area contributed by atoms with E-state index in [1.54, 1.807) is 17.5 Å². The van der Waals surface area contributed by atoms with Gasteiger partial charge in [0.05, 0.1) is 6.54 Å². The van der Waals surface area contributed by atoms with Crippen molar-refractivity contribution in [1.29, 1.82) is 0 Å². The van der Waals surface area contributed by atoms with E-state index in [0.29, 0.717) is 6.54 Å². The van der Waals surface area contributed by atoms with Crippen molar-refractivity contribution in [3.05, 3.63) is 41.9 Å². The number of H-pyrrole nitrogens is 1. The highest BCUT2D eigenvalue weighted by molar-refractivity contribution is 7.17. The molecule has 0 fully saturated rings. The Bertz CT molecular complexity index is 585. The molecule has 0 saturated carbocycles. The Labute approximate surface area is 96.4 Å². The van der Waals surface area contributed by atoms with E-state index in [4.69, 9.17) is 0 Å². The van der Waals surface area contributed by atoms with Crippen molar-refractivity contribution in [1.82, 2.24) is 15.0 Å². The van der Waals surface area contributed by atoms with Crippen molar-refractivity contribution in [3.8, 4) is 0 Å². The summed E-state index contributed by atoms with van der Waals surface area (Å²) >= 11 is 1.72. The highest BCUT2D eigenvalue weighted by atomic mass is 32.1. The second-order valence-electron chi connectivity index (χ2n) is 3.38. The lowest BCUT2D eigenvalue weighted by atomic mass is 10.3. The molecule has 80 valence electrons. The molecule has 0 aromatic carbocycles. The lowest BCUT2D eigenvalue weighted by Gasteiger charge is -2.04. The van der Waals surface area contributed by atoms with Gasteiger partial charge in [-0.25, -0.2) is 9.97 Å². The maximum Gasteiger partial charge on any atom is 0.135 e. The number of pyridine rings is 1. The quantitative estimate of drug-likeness (QED) is 0.727. The van der Waals surface area contributed by atoms with E-state index in [1.165, 1.54) is 10.1 Å². The first-order chi connectivity index (χ1) is 7.93. The first-order valence-electron chi connectivity index (χ1n) is 4.98. The average Bonchev–Trinajstić information content (AvgIpc) is 2.97. The summed E-state index contributed by atoms with van der Waals surface area (Å²) in [5.74, 6) is 1.82. The molecule has 0 unspecified atom stereocenters. The molecule has 0 aliphatic heterocycles. The fraction of sp³-hybridized carbons (Fsp3) is 0.0909. The number of fused-ring (bicyclic) bond motifs is 1. The van der Waals surface area contributed by atoms with Crippen molar-refractivity contribution < 1.29 is 0 Å². The third-order valence-electron chi connectivity index (χ3n) is 2.36. The predicted molar refractivity (Wildman–Crippen MR) is 65.5 cm³/mol. The molecule has 0 aliphatic carbocycles. The average molecular weight is 230 g/mol. The molecule has 16 heavy (non-hydrogen) atoms. The Morgan fingerprint density at radius 2 is 2.25 bits per heavy atom. The number of nitrogens with one attached hydrogen (secondary N) is 2. The Morgan fingerprint density at radius 1 is 1.25 bits per heavy atom. The van der Waals surface area contributed by atoms with Gasteiger partial charge in [-0.1, -0.05) is 0 Å². The fourth-order valence-electron chi connectivity index (χ4n) is 1.60. The summed E-state index contributed by atoms with van der Waals surface area (Å²) in [5.41, 5.74) is 0. The Kier molecular flexibility index (Phi) is 2.30. The smallest absolute Gasteiger partial charge is 0.135 e. The van der Waals surface area contributed by atoms with E-state index < -0.39 is 0 Å². The molecule has 3 aromatic rings. The molecular weight excluding hydrogens is 220 g/mol. The highest BCUT2D eigenvalue weighted by Gasteiger charge is 2.03. The predicted octanol–water partition coefficient (Wildman–Crippen LogP) is 2.63. The molecule has 5 heteroatoms. The van der Waals surface area contributed by atoms with Crippen molar-refractivity contribution >= 4 is 27.2 Å². The van der Waals surface area contributed by atoms with E-state index >= 15 is 0 Å². The zero-order valence-corrected chi connectivity index (χ0v) is 9.29. The number of aromatic amines is 1. The number of rotatable bonds is 3. The molecule has 0 atom stereocenters. The maximum atomic E-state index is 4.33. The minimum Gasteiger partial charge on any atom is -0.362 e. The second kappa shape index (κ2) is 3.94. The zero-order chi connectivity index (χ0) is 10.8. The number of nitrogens with zero attached hydrogens (tertiary/aromatic N) is 2. The van der Waals surface area contributed by atoms with Gasteiger partial charge in [-0.2, -0.15) is 0 Å². The third kappa shape index (κ3) is 1.65. The SMILES string of the molecule is c1c[nH]c(CNc2nccc3sccc23)n1. The number of thiophene rings is 1. The third-order valence-corrected chi connectivity index (χ3v) is 3.24. The van der Waals surface area contributed by atoms with Gasteiger partial charge in [0.1, 0.15) is 11.6 Å². The molecule has 4 nitrogen and oxygen atoms in total. The summed E-state index contributed by atoms with van der Waals surface area (Å²) in [7, 11) is 0. The summed E-state index contributed by atoms with van der Waals surface area (Å²) in [4.78, 5) is 11.5. The van der Waals surface area contributed by atoms with Gasteiger partial charge >= 0.3 is 0 Å². The monoisotopic (exact) mass is 230 g/mol. The van der Waals surface area contributed by atoms with Gasteiger partial charge in [0.2, 0.25) is 0 Å². The van der Waals surface area contributed by atoms with Crippen molar-refractivity contribution in [2.24, 2.45) is 0 Å². The molecule has 0 saturated heterocycles. The molecule has 0 bridgehead atoms. The normalized spacial score (nSPS) is 10.8. The van der Waals surface area contributed by atoms with Crippen LogP contribution in [0.15, 0.2) is 36.1 Å². The number of anilines is 1. The van der Waals surface area contributed by atoms with Crippen LogP contribution in [0.25, 0.3) is 10.1 Å². The largest absolute Gasteiger partial charge is 0.362 e. The van der Waals surface area contributed by atoms with Crippen LogP contribution in [-0.4, -0.2) is 15.0 Å². The summed E-state index contributed by atoms with van der Waals surface area (Å²) < 4.78 is 1.25. The van der Waals surface area contributed by atoms with Gasteiger partial charge in [-0.3, -0.25) is 0 Å². The van der Waals surface area contributed by atoms with E-state index in [9.17, 15) is 0 Å². The highest BCUT2D eigenvalue weighted by Crippen LogP contribution is 2.25. The molecule has 0 amide bonds. The van der Waals surface area contributed by atoms with Gasteiger partial charge in [0, 0.05) is 28.7 Å². The first-order valence-corrected chi connectivity index (χ1v) is 5.86. The van der Waals surface area contributed by atoms with Gasteiger partial charge in [-0.15, -0.1) is 11.3 Å². The minimum absolute atomic E-state index is 0.662. The lowest BCUT2D eigenvalue weighted by molar-refractivity contribution is 0.992. The van der Waals surface area contributed by atoms with E-state index in [-0.39, 0.29) is 0 Å². The Balaban J connectivity index is 1.86. The number of imidazole rings is 1. The van der Waals surface area contributed by atoms with Crippen LogP contribution in [-0.2, 0) is 6.54 Å². The molecule has 0 spiro atoms. The summed E-state index contributed by atoms with van der Waals surface area (Å²) in [6.45, 7) is 0.662. The van der Waals surface area contributed by atoms with E-state index in [0.717, 1.165) is 11.6 Å². The molecule has 3 rings (SSSR count). The van der Waals surface area contributed by atoms with Crippen LogP contribution in [0.3, 0.4) is 0 Å². The van der Waals surface area contributed by atoms with Crippen LogP contribution in [0, 0.1) is 0 Å². The number of hydrogen-bond acceptors (Lipinski definition) is 4. The summed E-state index contributed by atoms with van der Waals surface area (Å²) in [6.07, 6.45) is 5.38. The fourth-order valence-corrected chi connectivity index (χ4v) is 2.38. The van der Waals surface area contributed by atoms with Crippen LogP contribution in [0.5, 0.6) is 0 Å². The zero-order valence-electron chi connectivity index (χ0n) is 8.47. The van der Waals surface area contributed by atoms with Crippen molar-refractivity contribution in [2.45, 2.75) is 6.54 Å². The molecule has 3 aromatic heterocycles. The first kappa shape index (κ1) is 9.35. The molecule has 2 N–H and O–H groups in total. The van der Waals surface area contributed by atoms with Gasteiger partial charge < -0.3 is 10.3 Å². The number of hydrogen-bond donors (Lipinski definition) is 2. The standard InChI is InChI=1S/C11H10N4S/c1-3-14-11(8-2-6-16-9(1)8)15-7-10-12-4-5-13-10/h1-6H,7H2,(H,12,13)(H,14,15). The van der Waals surface area contributed by atoms with Crippen LogP contribution < -0.4 is 5.32 Å².